The molecule has 2 atom stereocenters. The van der Waals surface area contributed by atoms with E-state index in [4.69, 9.17) is 0 Å². The van der Waals surface area contributed by atoms with Crippen molar-refractivity contribution >= 4 is 0 Å². The van der Waals surface area contributed by atoms with Crippen molar-refractivity contribution in [1.82, 2.24) is 15.1 Å². The quantitative estimate of drug-likeness (QED) is 0.754. The van der Waals surface area contributed by atoms with Crippen LogP contribution in [0.5, 0.6) is 0 Å². The maximum absolute atomic E-state index is 10.7. The molecular formula is C11H19N3O. The van der Waals surface area contributed by atoms with Gasteiger partial charge in [-0.25, -0.2) is 0 Å². The first-order valence-corrected chi connectivity index (χ1v) is 5.64. The first-order chi connectivity index (χ1) is 7.18. The number of aryl methyl sites for hydroxylation is 1. The molecule has 4 heteroatoms. The molecule has 2 unspecified atom stereocenters. The lowest BCUT2D eigenvalue weighted by atomic mass is 9.80. The Morgan fingerprint density at radius 3 is 3.20 bits per heavy atom. The van der Waals surface area contributed by atoms with E-state index in [1.807, 2.05) is 17.7 Å². The van der Waals surface area contributed by atoms with Crippen LogP contribution in [0.1, 0.15) is 26.0 Å². The minimum atomic E-state index is -0.711. The number of nitrogens with zero attached hydrogens (tertiary/aromatic N) is 2. The molecule has 2 N–H and O–H groups in total. The molecular weight excluding hydrogens is 190 g/mol. The van der Waals surface area contributed by atoms with Crippen LogP contribution in [0.2, 0.25) is 0 Å². The molecule has 4 nitrogen and oxygen atoms in total. The van der Waals surface area contributed by atoms with Crippen LogP contribution in [0, 0.1) is 5.92 Å². The Hall–Kier alpha value is -0.870. The molecule has 84 valence electrons. The SMILES string of the molecule is CCn1nccc1C1(O)CCNCC1C. The summed E-state index contributed by atoms with van der Waals surface area (Å²) in [4.78, 5) is 0. The van der Waals surface area contributed by atoms with E-state index < -0.39 is 5.60 Å². The molecule has 2 heterocycles. The highest BCUT2D eigenvalue weighted by atomic mass is 16.3. The summed E-state index contributed by atoms with van der Waals surface area (Å²) >= 11 is 0. The summed E-state index contributed by atoms with van der Waals surface area (Å²) in [6.07, 6.45) is 2.53. The van der Waals surface area contributed by atoms with Crippen LogP contribution in [0.15, 0.2) is 12.3 Å². The monoisotopic (exact) mass is 209 g/mol. The first kappa shape index (κ1) is 10.6. The Bertz CT molecular complexity index is 336. The van der Waals surface area contributed by atoms with E-state index >= 15 is 0 Å². The molecule has 2 rings (SSSR count). The molecule has 0 bridgehead atoms. The third-order valence-electron chi connectivity index (χ3n) is 3.41. The minimum Gasteiger partial charge on any atom is -0.383 e. The van der Waals surface area contributed by atoms with E-state index in [0.29, 0.717) is 0 Å². The largest absolute Gasteiger partial charge is 0.383 e. The van der Waals surface area contributed by atoms with Gasteiger partial charge < -0.3 is 10.4 Å². The predicted molar refractivity (Wildman–Crippen MR) is 58.4 cm³/mol. The van der Waals surface area contributed by atoms with Crippen molar-refractivity contribution in [2.75, 3.05) is 13.1 Å². The summed E-state index contributed by atoms with van der Waals surface area (Å²) in [5.41, 5.74) is 0.247. The second-order valence-electron chi connectivity index (χ2n) is 4.31. The zero-order valence-electron chi connectivity index (χ0n) is 9.40. The van der Waals surface area contributed by atoms with Gasteiger partial charge in [-0.05, 0) is 26.0 Å². The van der Waals surface area contributed by atoms with Crippen LogP contribution in [-0.2, 0) is 12.1 Å². The van der Waals surface area contributed by atoms with Gasteiger partial charge in [-0.15, -0.1) is 0 Å². The van der Waals surface area contributed by atoms with E-state index in [1.165, 1.54) is 0 Å². The van der Waals surface area contributed by atoms with Crippen molar-refractivity contribution in [2.24, 2.45) is 5.92 Å². The Kier molecular flexibility index (Phi) is 2.80. The number of aliphatic hydroxyl groups is 1. The summed E-state index contributed by atoms with van der Waals surface area (Å²) in [5, 5.41) is 18.2. The highest BCUT2D eigenvalue weighted by molar-refractivity contribution is 5.15. The first-order valence-electron chi connectivity index (χ1n) is 5.64. The number of piperidine rings is 1. The average molecular weight is 209 g/mol. The van der Waals surface area contributed by atoms with Crippen molar-refractivity contribution < 1.29 is 5.11 Å². The topological polar surface area (TPSA) is 50.1 Å². The van der Waals surface area contributed by atoms with Gasteiger partial charge in [-0.3, -0.25) is 4.68 Å². The maximum Gasteiger partial charge on any atom is 0.111 e. The third-order valence-corrected chi connectivity index (χ3v) is 3.41. The molecule has 0 spiro atoms. The van der Waals surface area contributed by atoms with Crippen molar-refractivity contribution in [3.63, 3.8) is 0 Å². The van der Waals surface area contributed by atoms with Crippen molar-refractivity contribution in [3.05, 3.63) is 18.0 Å². The second kappa shape index (κ2) is 3.94. The standard InChI is InChI=1S/C11H19N3O/c1-3-14-10(4-6-13-14)11(15)5-7-12-8-9(11)2/h4,6,9,12,15H,3,5,7-8H2,1-2H3. The van der Waals surface area contributed by atoms with Gasteiger partial charge in [0, 0.05) is 25.2 Å². The van der Waals surface area contributed by atoms with Crippen LogP contribution in [0.3, 0.4) is 0 Å². The molecule has 0 aliphatic carbocycles. The molecule has 1 saturated heterocycles. The van der Waals surface area contributed by atoms with Gasteiger partial charge in [0.2, 0.25) is 0 Å². The van der Waals surface area contributed by atoms with Crippen LogP contribution < -0.4 is 5.32 Å². The molecule has 1 fully saturated rings. The maximum atomic E-state index is 10.7. The fourth-order valence-corrected chi connectivity index (χ4v) is 2.35. The molecule has 0 radical (unpaired) electrons. The molecule has 1 aliphatic heterocycles. The van der Waals surface area contributed by atoms with Gasteiger partial charge in [0.25, 0.3) is 0 Å². The van der Waals surface area contributed by atoms with Crippen LogP contribution in [0.4, 0.5) is 0 Å². The van der Waals surface area contributed by atoms with Crippen molar-refractivity contribution in [1.29, 1.82) is 0 Å². The van der Waals surface area contributed by atoms with Crippen molar-refractivity contribution in [3.8, 4) is 0 Å². The number of rotatable bonds is 2. The summed E-state index contributed by atoms with van der Waals surface area (Å²) in [6.45, 7) is 6.68. The number of aromatic nitrogens is 2. The zero-order chi connectivity index (χ0) is 10.9. The lowest BCUT2D eigenvalue weighted by Gasteiger charge is -2.38. The van der Waals surface area contributed by atoms with E-state index in [-0.39, 0.29) is 5.92 Å². The molecule has 0 saturated carbocycles. The Morgan fingerprint density at radius 1 is 1.73 bits per heavy atom. The van der Waals surface area contributed by atoms with Crippen LogP contribution in [0.25, 0.3) is 0 Å². The normalized spacial score (nSPS) is 31.8. The third kappa shape index (κ3) is 1.68. The average Bonchev–Trinajstić information content (AvgIpc) is 2.71. The smallest absolute Gasteiger partial charge is 0.111 e. The van der Waals surface area contributed by atoms with Gasteiger partial charge >= 0.3 is 0 Å². The highest BCUT2D eigenvalue weighted by Crippen LogP contribution is 2.34. The van der Waals surface area contributed by atoms with Crippen LogP contribution >= 0.6 is 0 Å². The Balaban J connectivity index is 2.34. The molecule has 15 heavy (non-hydrogen) atoms. The zero-order valence-corrected chi connectivity index (χ0v) is 9.40. The van der Waals surface area contributed by atoms with E-state index in [2.05, 4.69) is 17.3 Å². The summed E-state index contributed by atoms with van der Waals surface area (Å²) < 4.78 is 1.89. The van der Waals surface area contributed by atoms with Crippen LogP contribution in [-0.4, -0.2) is 28.0 Å². The molecule has 0 aromatic carbocycles. The lowest BCUT2D eigenvalue weighted by Crippen LogP contribution is -2.47. The predicted octanol–water partition coefficient (Wildman–Crippen LogP) is 0.720. The van der Waals surface area contributed by atoms with Gasteiger partial charge in [0.1, 0.15) is 5.60 Å². The molecule has 1 aromatic heterocycles. The van der Waals surface area contributed by atoms with E-state index in [9.17, 15) is 5.11 Å². The summed E-state index contributed by atoms with van der Waals surface area (Å²) in [7, 11) is 0. The molecule has 1 aromatic rings. The summed E-state index contributed by atoms with van der Waals surface area (Å²) in [6, 6.07) is 1.94. The van der Waals surface area contributed by atoms with Gasteiger partial charge in [-0.1, -0.05) is 6.92 Å². The van der Waals surface area contributed by atoms with Crippen molar-refractivity contribution in [2.45, 2.75) is 32.4 Å². The van der Waals surface area contributed by atoms with Gasteiger partial charge in [0.05, 0.1) is 5.69 Å². The van der Waals surface area contributed by atoms with Gasteiger partial charge in [0.15, 0.2) is 0 Å². The van der Waals surface area contributed by atoms with E-state index in [0.717, 1.165) is 31.7 Å². The number of hydrogen-bond acceptors (Lipinski definition) is 3. The van der Waals surface area contributed by atoms with Gasteiger partial charge in [-0.2, -0.15) is 5.10 Å². The lowest BCUT2D eigenvalue weighted by molar-refractivity contribution is -0.0464. The Labute approximate surface area is 90.3 Å². The number of nitrogens with one attached hydrogen (secondary N) is 1. The Morgan fingerprint density at radius 2 is 2.53 bits per heavy atom. The molecule has 1 aliphatic rings. The fourth-order valence-electron chi connectivity index (χ4n) is 2.35. The minimum absolute atomic E-state index is 0.230. The second-order valence-corrected chi connectivity index (χ2v) is 4.31. The van der Waals surface area contributed by atoms with E-state index in [1.54, 1.807) is 6.20 Å². The molecule has 0 amide bonds. The fraction of sp³-hybridized carbons (Fsp3) is 0.727. The summed E-state index contributed by atoms with van der Waals surface area (Å²) in [5.74, 6) is 0.230. The number of hydrogen-bond donors (Lipinski definition) is 2. The highest BCUT2D eigenvalue weighted by Gasteiger charge is 2.39.